The molecule has 1 rings (SSSR count). The lowest BCUT2D eigenvalue weighted by Crippen LogP contribution is -2.33. The topological polar surface area (TPSA) is 59.6 Å². The fourth-order valence-electron chi connectivity index (χ4n) is 1.58. The highest BCUT2D eigenvalue weighted by Crippen LogP contribution is 2.08. The zero-order valence-corrected chi connectivity index (χ0v) is 10.4. The Kier molecular flexibility index (Phi) is 7.42. The zero-order chi connectivity index (χ0) is 12.3. The average Bonchev–Trinajstić information content (AvgIpc) is 2.36. The van der Waals surface area contributed by atoms with Crippen LogP contribution in [0.15, 0.2) is 12.3 Å². The van der Waals surface area contributed by atoms with Crippen LogP contribution >= 0.6 is 0 Å². The number of allylic oxidation sites excluding steroid dienone is 1. The van der Waals surface area contributed by atoms with Gasteiger partial charge in [0.25, 0.3) is 0 Å². The summed E-state index contributed by atoms with van der Waals surface area (Å²) in [6.07, 6.45) is 6.64. The Morgan fingerprint density at radius 2 is 2.41 bits per heavy atom. The van der Waals surface area contributed by atoms with Crippen molar-refractivity contribution in [1.29, 1.82) is 0 Å². The number of nitrogens with one attached hydrogen (secondary N) is 2. The highest BCUT2D eigenvalue weighted by molar-refractivity contribution is 5.75. The fourth-order valence-corrected chi connectivity index (χ4v) is 1.58. The standard InChI is InChI=1S/C12H22N2O3/c1-16-9-7-14-12(15)5-6-13-10-11-4-2-3-8-17-11/h3,8,11,13H,2,4-7,9-10H2,1H3,(H,14,15). The van der Waals surface area contributed by atoms with Gasteiger partial charge in [-0.3, -0.25) is 4.79 Å². The largest absolute Gasteiger partial charge is 0.497 e. The molecule has 2 N–H and O–H groups in total. The van der Waals surface area contributed by atoms with Gasteiger partial charge in [-0.1, -0.05) is 0 Å². The lowest BCUT2D eigenvalue weighted by molar-refractivity contribution is -0.121. The van der Waals surface area contributed by atoms with Crippen LogP contribution < -0.4 is 10.6 Å². The summed E-state index contributed by atoms with van der Waals surface area (Å²) in [5.74, 6) is 0.0546. The minimum atomic E-state index is 0.0546. The van der Waals surface area contributed by atoms with Crippen LogP contribution in [0.25, 0.3) is 0 Å². The van der Waals surface area contributed by atoms with E-state index in [0.717, 1.165) is 19.4 Å². The first-order valence-corrected chi connectivity index (χ1v) is 6.09. The first-order chi connectivity index (χ1) is 8.33. The van der Waals surface area contributed by atoms with E-state index in [4.69, 9.17) is 9.47 Å². The lowest BCUT2D eigenvalue weighted by Gasteiger charge is -2.19. The molecule has 1 amide bonds. The van der Waals surface area contributed by atoms with E-state index in [2.05, 4.69) is 10.6 Å². The molecule has 0 aromatic heterocycles. The van der Waals surface area contributed by atoms with Crippen molar-refractivity contribution >= 4 is 5.91 Å². The molecule has 0 aromatic rings. The van der Waals surface area contributed by atoms with E-state index in [0.29, 0.717) is 26.1 Å². The van der Waals surface area contributed by atoms with Crippen LogP contribution in [0, 0.1) is 0 Å². The summed E-state index contributed by atoms with van der Waals surface area (Å²) in [6, 6.07) is 0. The summed E-state index contributed by atoms with van der Waals surface area (Å²) in [7, 11) is 1.62. The molecule has 5 nitrogen and oxygen atoms in total. The number of hydrogen-bond acceptors (Lipinski definition) is 4. The second-order valence-electron chi connectivity index (χ2n) is 4.00. The van der Waals surface area contributed by atoms with Gasteiger partial charge in [0.2, 0.25) is 5.91 Å². The molecule has 1 aliphatic heterocycles. The highest BCUT2D eigenvalue weighted by atomic mass is 16.5. The molecule has 0 spiro atoms. The van der Waals surface area contributed by atoms with Crippen LogP contribution in [-0.2, 0) is 14.3 Å². The molecule has 0 aromatic carbocycles. The van der Waals surface area contributed by atoms with Crippen molar-refractivity contribution in [2.24, 2.45) is 0 Å². The maximum Gasteiger partial charge on any atom is 0.221 e. The summed E-state index contributed by atoms with van der Waals surface area (Å²) in [5, 5.41) is 6.00. The maximum absolute atomic E-state index is 11.3. The van der Waals surface area contributed by atoms with Crippen molar-refractivity contribution in [3.8, 4) is 0 Å². The molecule has 5 heteroatoms. The smallest absolute Gasteiger partial charge is 0.221 e. The predicted molar refractivity (Wildman–Crippen MR) is 65.6 cm³/mol. The summed E-state index contributed by atoms with van der Waals surface area (Å²) >= 11 is 0. The molecule has 0 bridgehead atoms. The third kappa shape index (κ3) is 6.97. The quantitative estimate of drug-likeness (QED) is 0.606. The first-order valence-electron chi connectivity index (χ1n) is 6.09. The van der Waals surface area contributed by atoms with Gasteiger partial charge in [-0.25, -0.2) is 0 Å². The first kappa shape index (κ1) is 14.0. The summed E-state index contributed by atoms with van der Waals surface area (Å²) in [4.78, 5) is 11.3. The monoisotopic (exact) mass is 242 g/mol. The summed E-state index contributed by atoms with van der Waals surface area (Å²) in [6.45, 7) is 2.62. The summed E-state index contributed by atoms with van der Waals surface area (Å²) < 4.78 is 10.2. The molecule has 0 radical (unpaired) electrons. The number of carbonyl (C=O) groups is 1. The fraction of sp³-hybridized carbons (Fsp3) is 0.750. The molecule has 0 fully saturated rings. The molecular weight excluding hydrogens is 220 g/mol. The van der Waals surface area contributed by atoms with Gasteiger partial charge >= 0.3 is 0 Å². The van der Waals surface area contributed by atoms with Gasteiger partial charge in [-0.15, -0.1) is 0 Å². The molecule has 0 saturated heterocycles. The number of methoxy groups -OCH3 is 1. The van der Waals surface area contributed by atoms with E-state index in [9.17, 15) is 4.79 Å². The van der Waals surface area contributed by atoms with Crippen molar-refractivity contribution < 1.29 is 14.3 Å². The van der Waals surface area contributed by atoms with Gasteiger partial charge in [0.1, 0.15) is 6.10 Å². The number of amides is 1. The number of ether oxygens (including phenoxy) is 2. The number of carbonyl (C=O) groups excluding carboxylic acids is 1. The van der Waals surface area contributed by atoms with Crippen molar-refractivity contribution in [3.05, 3.63) is 12.3 Å². The number of rotatable bonds is 8. The molecule has 0 saturated carbocycles. The average molecular weight is 242 g/mol. The Labute approximate surface area is 103 Å². The molecule has 98 valence electrons. The van der Waals surface area contributed by atoms with Crippen LogP contribution in [0.4, 0.5) is 0 Å². The Bertz CT molecular complexity index is 244. The predicted octanol–water partition coefficient (Wildman–Crippen LogP) is 0.421. The normalized spacial score (nSPS) is 18.8. The van der Waals surface area contributed by atoms with Gasteiger partial charge < -0.3 is 20.1 Å². The van der Waals surface area contributed by atoms with E-state index in [1.165, 1.54) is 0 Å². The molecule has 1 unspecified atom stereocenters. The third-order valence-electron chi connectivity index (χ3n) is 2.55. The second-order valence-corrected chi connectivity index (χ2v) is 4.00. The third-order valence-corrected chi connectivity index (χ3v) is 2.55. The van der Waals surface area contributed by atoms with Gasteiger partial charge in [0, 0.05) is 33.2 Å². The van der Waals surface area contributed by atoms with E-state index < -0.39 is 0 Å². The van der Waals surface area contributed by atoms with E-state index in [-0.39, 0.29) is 12.0 Å². The van der Waals surface area contributed by atoms with Gasteiger partial charge in [-0.05, 0) is 18.9 Å². The minimum absolute atomic E-state index is 0.0546. The van der Waals surface area contributed by atoms with Crippen molar-refractivity contribution in [2.75, 3.05) is 33.4 Å². The Morgan fingerprint density at radius 3 is 3.12 bits per heavy atom. The van der Waals surface area contributed by atoms with Crippen molar-refractivity contribution in [3.63, 3.8) is 0 Å². The molecule has 1 heterocycles. The van der Waals surface area contributed by atoms with E-state index >= 15 is 0 Å². The maximum atomic E-state index is 11.3. The molecule has 0 aliphatic carbocycles. The van der Waals surface area contributed by atoms with Crippen molar-refractivity contribution in [1.82, 2.24) is 10.6 Å². The van der Waals surface area contributed by atoms with Gasteiger partial charge in [0.15, 0.2) is 0 Å². The molecule has 1 atom stereocenters. The zero-order valence-electron chi connectivity index (χ0n) is 10.4. The summed E-state index contributed by atoms with van der Waals surface area (Å²) in [5.41, 5.74) is 0. The van der Waals surface area contributed by atoms with Crippen LogP contribution in [-0.4, -0.2) is 45.4 Å². The SMILES string of the molecule is COCCNC(=O)CCNCC1CCC=CO1. The van der Waals surface area contributed by atoms with E-state index in [1.54, 1.807) is 13.4 Å². The second kappa shape index (κ2) is 9.01. The Morgan fingerprint density at radius 1 is 1.53 bits per heavy atom. The molecule has 17 heavy (non-hydrogen) atoms. The van der Waals surface area contributed by atoms with Crippen LogP contribution in [0.2, 0.25) is 0 Å². The van der Waals surface area contributed by atoms with Gasteiger partial charge in [-0.2, -0.15) is 0 Å². The minimum Gasteiger partial charge on any atom is -0.497 e. The Balaban J connectivity index is 1.92. The lowest BCUT2D eigenvalue weighted by atomic mass is 10.1. The molecular formula is C12H22N2O3. The number of hydrogen-bond donors (Lipinski definition) is 2. The van der Waals surface area contributed by atoms with Crippen LogP contribution in [0.5, 0.6) is 0 Å². The van der Waals surface area contributed by atoms with Crippen molar-refractivity contribution in [2.45, 2.75) is 25.4 Å². The highest BCUT2D eigenvalue weighted by Gasteiger charge is 2.10. The van der Waals surface area contributed by atoms with E-state index in [1.807, 2.05) is 6.08 Å². The van der Waals surface area contributed by atoms with Crippen LogP contribution in [0.1, 0.15) is 19.3 Å². The van der Waals surface area contributed by atoms with Crippen LogP contribution in [0.3, 0.4) is 0 Å². The van der Waals surface area contributed by atoms with Gasteiger partial charge in [0.05, 0.1) is 12.9 Å². The Hall–Kier alpha value is -1.07. The molecule has 1 aliphatic rings.